The quantitative estimate of drug-likeness (QED) is 0.568. The Morgan fingerprint density at radius 3 is 2.40 bits per heavy atom. The molecule has 0 aromatic heterocycles. The molecule has 1 rings (SSSR count). The lowest BCUT2D eigenvalue weighted by Gasteiger charge is -2.14. The summed E-state index contributed by atoms with van der Waals surface area (Å²) >= 11 is 0. The lowest BCUT2D eigenvalue weighted by Crippen LogP contribution is -2.12. The van der Waals surface area contributed by atoms with E-state index in [0.29, 0.717) is 0 Å². The van der Waals surface area contributed by atoms with Crippen molar-refractivity contribution >= 4 is 0 Å². The minimum atomic E-state index is 1.21. The van der Waals surface area contributed by atoms with E-state index in [1.165, 1.54) is 25.8 Å². The van der Waals surface area contributed by atoms with Gasteiger partial charge < -0.3 is 4.90 Å². The Hall–Kier alpha value is -0.460. The molecule has 1 heterocycles. The second-order valence-electron chi connectivity index (χ2n) is 2.93. The molecule has 1 aliphatic heterocycles. The van der Waals surface area contributed by atoms with Gasteiger partial charge in [-0.1, -0.05) is 13.8 Å². The van der Waals surface area contributed by atoms with Crippen molar-refractivity contribution in [3.8, 4) is 0 Å². The summed E-state index contributed by atoms with van der Waals surface area (Å²) in [5.41, 5.74) is 3.26. The Morgan fingerprint density at radius 1 is 1.30 bits per heavy atom. The highest BCUT2D eigenvalue weighted by Crippen LogP contribution is 2.25. The standard InChI is InChI=1S/C9H17N/c1-4-8-6-7-10(3)9(8)5-2/h4-7H2,1-3H3. The molecule has 1 heteroatoms. The smallest absolute Gasteiger partial charge is 0.0209 e. The Bertz CT molecular complexity index is 147. The Morgan fingerprint density at radius 2 is 2.00 bits per heavy atom. The maximum absolute atomic E-state index is 2.39. The van der Waals surface area contributed by atoms with Gasteiger partial charge in [0.2, 0.25) is 0 Å². The van der Waals surface area contributed by atoms with E-state index in [-0.39, 0.29) is 0 Å². The molecule has 0 bridgehead atoms. The molecule has 0 spiro atoms. The van der Waals surface area contributed by atoms with Crippen LogP contribution >= 0.6 is 0 Å². The fourth-order valence-electron chi connectivity index (χ4n) is 1.75. The van der Waals surface area contributed by atoms with Crippen molar-refractivity contribution in [1.82, 2.24) is 4.90 Å². The molecule has 0 unspecified atom stereocenters. The molecule has 0 fully saturated rings. The summed E-state index contributed by atoms with van der Waals surface area (Å²) in [6.07, 6.45) is 3.75. The Labute approximate surface area is 63.7 Å². The van der Waals surface area contributed by atoms with Gasteiger partial charge in [0.25, 0.3) is 0 Å². The van der Waals surface area contributed by atoms with Crippen molar-refractivity contribution in [3.63, 3.8) is 0 Å². The van der Waals surface area contributed by atoms with E-state index in [1.54, 1.807) is 11.3 Å². The van der Waals surface area contributed by atoms with E-state index in [2.05, 4.69) is 25.8 Å². The van der Waals surface area contributed by atoms with Gasteiger partial charge in [0.15, 0.2) is 0 Å². The van der Waals surface area contributed by atoms with Crippen LogP contribution in [0.25, 0.3) is 0 Å². The minimum absolute atomic E-state index is 1.21. The molecular formula is C9H17N. The average Bonchev–Trinajstić information content (AvgIpc) is 2.30. The highest BCUT2D eigenvalue weighted by Gasteiger charge is 2.15. The van der Waals surface area contributed by atoms with E-state index in [4.69, 9.17) is 0 Å². The summed E-state index contributed by atoms with van der Waals surface area (Å²) in [6.45, 7) is 5.74. The number of nitrogens with zero attached hydrogens (tertiary/aromatic N) is 1. The largest absolute Gasteiger partial charge is 0.378 e. The summed E-state index contributed by atoms with van der Waals surface area (Å²) in [7, 11) is 2.20. The van der Waals surface area contributed by atoms with Gasteiger partial charge in [-0.3, -0.25) is 0 Å². The third kappa shape index (κ3) is 1.18. The monoisotopic (exact) mass is 139 g/mol. The van der Waals surface area contributed by atoms with E-state index < -0.39 is 0 Å². The second-order valence-corrected chi connectivity index (χ2v) is 2.93. The Balaban J connectivity index is 2.71. The van der Waals surface area contributed by atoms with Gasteiger partial charge >= 0.3 is 0 Å². The molecule has 0 saturated carbocycles. The predicted octanol–water partition coefficient (Wildman–Crippen LogP) is 2.40. The predicted molar refractivity (Wildman–Crippen MR) is 44.9 cm³/mol. The molecule has 58 valence electrons. The molecule has 0 radical (unpaired) electrons. The lowest BCUT2D eigenvalue weighted by molar-refractivity contribution is 0.446. The van der Waals surface area contributed by atoms with Crippen LogP contribution in [0.4, 0.5) is 0 Å². The SMILES string of the molecule is CCC1=C(CC)N(C)CC1. The van der Waals surface area contributed by atoms with Gasteiger partial charge in [-0.15, -0.1) is 0 Å². The molecule has 1 nitrogen and oxygen atoms in total. The number of allylic oxidation sites excluding steroid dienone is 1. The topological polar surface area (TPSA) is 3.24 Å². The van der Waals surface area contributed by atoms with Crippen LogP contribution < -0.4 is 0 Å². The molecule has 0 aromatic carbocycles. The van der Waals surface area contributed by atoms with Crippen LogP contribution in [0, 0.1) is 0 Å². The fraction of sp³-hybridized carbons (Fsp3) is 0.778. The summed E-state index contributed by atoms with van der Waals surface area (Å²) in [5, 5.41) is 0. The van der Waals surface area contributed by atoms with Crippen molar-refractivity contribution in [2.45, 2.75) is 33.1 Å². The average molecular weight is 139 g/mol. The second kappa shape index (κ2) is 3.09. The van der Waals surface area contributed by atoms with Gasteiger partial charge in [-0.2, -0.15) is 0 Å². The summed E-state index contributed by atoms with van der Waals surface area (Å²) < 4.78 is 0. The Kier molecular flexibility index (Phi) is 2.36. The van der Waals surface area contributed by atoms with Crippen LogP contribution in [0.5, 0.6) is 0 Å². The maximum Gasteiger partial charge on any atom is 0.0209 e. The summed E-state index contributed by atoms with van der Waals surface area (Å²) in [4.78, 5) is 2.39. The summed E-state index contributed by atoms with van der Waals surface area (Å²) in [5.74, 6) is 0. The van der Waals surface area contributed by atoms with Gasteiger partial charge in [0.1, 0.15) is 0 Å². The van der Waals surface area contributed by atoms with Crippen LogP contribution in [0.3, 0.4) is 0 Å². The van der Waals surface area contributed by atoms with E-state index in [9.17, 15) is 0 Å². The normalized spacial score (nSPS) is 18.9. The zero-order valence-corrected chi connectivity index (χ0v) is 7.28. The number of rotatable bonds is 2. The highest BCUT2D eigenvalue weighted by atomic mass is 15.1. The van der Waals surface area contributed by atoms with Crippen LogP contribution in [0.2, 0.25) is 0 Å². The van der Waals surface area contributed by atoms with Gasteiger partial charge in [-0.25, -0.2) is 0 Å². The molecule has 0 aliphatic carbocycles. The third-order valence-electron chi connectivity index (χ3n) is 2.38. The number of hydrogen-bond donors (Lipinski definition) is 0. The fourth-order valence-corrected chi connectivity index (χ4v) is 1.75. The third-order valence-corrected chi connectivity index (χ3v) is 2.38. The molecule has 10 heavy (non-hydrogen) atoms. The first-order valence-electron chi connectivity index (χ1n) is 4.21. The molecule has 0 aromatic rings. The molecule has 0 amide bonds. The van der Waals surface area contributed by atoms with Gasteiger partial charge in [0.05, 0.1) is 0 Å². The van der Waals surface area contributed by atoms with Gasteiger partial charge in [-0.05, 0) is 24.8 Å². The first kappa shape index (κ1) is 7.64. The van der Waals surface area contributed by atoms with Crippen LogP contribution in [0.1, 0.15) is 33.1 Å². The highest BCUT2D eigenvalue weighted by molar-refractivity contribution is 5.17. The van der Waals surface area contributed by atoms with E-state index in [1.807, 2.05) is 0 Å². The molecule has 0 saturated heterocycles. The number of hydrogen-bond acceptors (Lipinski definition) is 1. The first-order chi connectivity index (χ1) is 4.79. The van der Waals surface area contributed by atoms with Crippen LogP contribution in [0.15, 0.2) is 11.3 Å². The van der Waals surface area contributed by atoms with Crippen molar-refractivity contribution < 1.29 is 0 Å². The van der Waals surface area contributed by atoms with Crippen molar-refractivity contribution in [3.05, 3.63) is 11.3 Å². The first-order valence-corrected chi connectivity index (χ1v) is 4.21. The maximum atomic E-state index is 2.39. The molecule has 1 aliphatic rings. The van der Waals surface area contributed by atoms with Crippen molar-refractivity contribution in [2.24, 2.45) is 0 Å². The van der Waals surface area contributed by atoms with Crippen molar-refractivity contribution in [2.75, 3.05) is 13.6 Å². The molecular weight excluding hydrogens is 122 g/mol. The zero-order chi connectivity index (χ0) is 7.56. The lowest BCUT2D eigenvalue weighted by atomic mass is 10.1. The zero-order valence-electron chi connectivity index (χ0n) is 7.28. The summed E-state index contributed by atoms with van der Waals surface area (Å²) in [6, 6.07) is 0. The van der Waals surface area contributed by atoms with Gasteiger partial charge in [0, 0.05) is 19.3 Å². The van der Waals surface area contributed by atoms with Crippen LogP contribution in [-0.4, -0.2) is 18.5 Å². The minimum Gasteiger partial charge on any atom is -0.378 e. The van der Waals surface area contributed by atoms with Crippen molar-refractivity contribution in [1.29, 1.82) is 0 Å². The van der Waals surface area contributed by atoms with E-state index in [0.717, 1.165) is 0 Å². The molecule has 0 N–H and O–H groups in total. The molecule has 0 atom stereocenters. The van der Waals surface area contributed by atoms with E-state index >= 15 is 0 Å². The van der Waals surface area contributed by atoms with Crippen LogP contribution in [-0.2, 0) is 0 Å².